The second-order valence-corrected chi connectivity index (χ2v) is 4.82. The number of benzene rings is 2. The van der Waals surface area contributed by atoms with Crippen LogP contribution in [0.25, 0.3) is 0 Å². The van der Waals surface area contributed by atoms with E-state index in [1.54, 1.807) is 19.2 Å². The smallest absolute Gasteiger partial charge is 0.128 e. The van der Waals surface area contributed by atoms with Gasteiger partial charge in [-0.05, 0) is 55.4 Å². The van der Waals surface area contributed by atoms with Gasteiger partial charge in [0.15, 0.2) is 0 Å². The Morgan fingerprint density at radius 2 is 1.79 bits per heavy atom. The quantitative estimate of drug-likeness (QED) is 0.887. The van der Waals surface area contributed by atoms with Crippen molar-refractivity contribution in [1.29, 1.82) is 0 Å². The third-order valence-electron chi connectivity index (χ3n) is 3.11. The minimum Gasteiger partial charge on any atom is -0.309 e. The fourth-order valence-corrected chi connectivity index (χ4v) is 2.32. The summed E-state index contributed by atoms with van der Waals surface area (Å²) < 4.78 is 27.3. The van der Waals surface area contributed by atoms with Gasteiger partial charge in [0.2, 0.25) is 0 Å². The Kier molecular flexibility index (Phi) is 4.17. The molecule has 0 aromatic heterocycles. The molecule has 2 aromatic carbocycles. The predicted octanol–water partition coefficient (Wildman–Crippen LogP) is 4.24. The van der Waals surface area contributed by atoms with Crippen LogP contribution in [0.5, 0.6) is 0 Å². The molecule has 0 fully saturated rings. The molecule has 4 heteroatoms. The second kappa shape index (κ2) is 5.68. The van der Waals surface area contributed by atoms with Crippen LogP contribution in [-0.4, -0.2) is 7.05 Å². The summed E-state index contributed by atoms with van der Waals surface area (Å²) in [5, 5.41) is 3.46. The number of halogens is 3. The molecule has 0 saturated heterocycles. The Labute approximate surface area is 116 Å². The first-order chi connectivity index (χ1) is 9.02. The number of hydrogen-bond acceptors (Lipinski definition) is 1. The van der Waals surface area contributed by atoms with Crippen LogP contribution >= 0.6 is 11.6 Å². The number of nitrogens with one attached hydrogen (secondary N) is 1. The van der Waals surface area contributed by atoms with Crippen molar-refractivity contribution in [2.24, 2.45) is 0 Å². The maximum atomic E-state index is 13.9. The third kappa shape index (κ3) is 2.94. The lowest BCUT2D eigenvalue weighted by Gasteiger charge is -2.20. The average Bonchev–Trinajstić information content (AvgIpc) is 2.38. The van der Waals surface area contributed by atoms with Crippen LogP contribution in [-0.2, 0) is 0 Å². The zero-order valence-corrected chi connectivity index (χ0v) is 11.4. The number of aryl methyl sites for hydroxylation is 1. The summed E-state index contributed by atoms with van der Waals surface area (Å²) in [6.45, 7) is 1.86. The Morgan fingerprint density at radius 3 is 2.47 bits per heavy atom. The lowest BCUT2D eigenvalue weighted by atomic mass is 9.94. The Hall–Kier alpha value is -1.45. The van der Waals surface area contributed by atoms with E-state index in [-0.39, 0.29) is 11.6 Å². The van der Waals surface area contributed by atoms with Crippen molar-refractivity contribution >= 4 is 11.6 Å². The van der Waals surface area contributed by atoms with Crippen LogP contribution < -0.4 is 5.32 Å². The molecule has 2 aromatic rings. The molecule has 0 bridgehead atoms. The minimum absolute atomic E-state index is 0.344. The summed E-state index contributed by atoms with van der Waals surface area (Å²) >= 11 is 5.91. The first-order valence-corrected chi connectivity index (χ1v) is 6.29. The first-order valence-electron chi connectivity index (χ1n) is 5.91. The van der Waals surface area contributed by atoms with Gasteiger partial charge in [-0.15, -0.1) is 0 Å². The first kappa shape index (κ1) is 14.0. The van der Waals surface area contributed by atoms with Crippen molar-refractivity contribution in [3.8, 4) is 0 Å². The molecule has 0 saturated carbocycles. The van der Waals surface area contributed by atoms with Crippen LogP contribution in [0.4, 0.5) is 8.78 Å². The van der Waals surface area contributed by atoms with E-state index in [9.17, 15) is 8.78 Å². The number of rotatable bonds is 3. The predicted molar refractivity (Wildman–Crippen MR) is 73.4 cm³/mol. The molecule has 100 valence electrons. The molecule has 0 aliphatic heterocycles. The summed E-state index contributed by atoms with van der Waals surface area (Å²) in [4.78, 5) is 0. The molecule has 1 nitrogen and oxygen atoms in total. The highest BCUT2D eigenvalue weighted by molar-refractivity contribution is 6.30. The molecule has 0 aliphatic carbocycles. The Bertz CT molecular complexity index is 547. The van der Waals surface area contributed by atoms with Gasteiger partial charge in [-0.2, -0.15) is 0 Å². The molecule has 0 heterocycles. The highest BCUT2D eigenvalue weighted by atomic mass is 35.5. The third-order valence-corrected chi connectivity index (χ3v) is 3.35. The van der Waals surface area contributed by atoms with Gasteiger partial charge >= 0.3 is 0 Å². The van der Waals surface area contributed by atoms with Crippen LogP contribution in [0.15, 0.2) is 36.4 Å². The van der Waals surface area contributed by atoms with E-state index in [0.717, 1.165) is 5.56 Å². The van der Waals surface area contributed by atoms with Crippen LogP contribution in [0.3, 0.4) is 0 Å². The molecule has 0 aliphatic rings. The molecule has 19 heavy (non-hydrogen) atoms. The highest BCUT2D eigenvalue weighted by Crippen LogP contribution is 2.29. The molecule has 1 atom stereocenters. The molecular formula is C15H14ClF2N. The van der Waals surface area contributed by atoms with Crippen molar-refractivity contribution in [3.05, 3.63) is 69.7 Å². The van der Waals surface area contributed by atoms with Gasteiger partial charge in [-0.3, -0.25) is 0 Å². The Balaban J connectivity index is 2.55. The summed E-state index contributed by atoms with van der Waals surface area (Å²) in [6, 6.07) is 8.41. The molecular weight excluding hydrogens is 268 g/mol. The van der Waals surface area contributed by atoms with E-state index >= 15 is 0 Å². The fraction of sp³-hybridized carbons (Fsp3) is 0.200. The fourth-order valence-electron chi connectivity index (χ4n) is 2.14. The lowest BCUT2D eigenvalue weighted by Crippen LogP contribution is -2.20. The maximum absolute atomic E-state index is 13.9. The lowest BCUT2D eigenvalue weighted by molar-refractivity contribution is 0.570. The zero-order valence-electron chi connectivity index (χ0n) is 10.7. The molecule has 1 N–H and O–H groups in total. The van der Waals surface area contributed by atoms with Gasteiger partial charge < -0.3 is 5.32 Å². The SMILES string of the molecule is CNC(c1cc(F)ccc1C)c1cc(Cl)ccc1F. The van der Waals surface area contributed by atoms with Crippen LogP contribution in [0.2, 0.25) is 5.02 Å². The monoisotopic (exact) mass is 281 g/mol. The number of hydrogen-bond donors (Lipinski definition) is 1. The molecule has 1 unspecified atom stereocenters. The summed E-state index contributed by atoms with van der Waals surface area (Å²) in [5.41, 5.74) is 1.99. The summed E-state index contributed by atoms with van der Waals surface area (Å²) in [7, 11) is 1.70. The summed E-state index contributed by atoms with van der Waals surface area (Å²) in [5.74, 6) is -0.712. The van der Waals surface area contributed by atoms with Gasteiger partial charge in [0, 0.05) is 10.6 Å². The molecule has 0 amide bonds. The van der Waals surface area contributed by atoms with Crippen molar-refractivity contribution in [2.75, 3.05) is 7.05 Å². The normalized spacial score (nSPS) is 12.5. The van der Waals surface area contributed by atoms with E-state index in [2.05, 4.69) is 5.32 Å². The Morgan fingerprint density at radius 1 is 1.05 bits per heavy atom. The molecule has 2 rings (SSSR count). The van der Waals surface area contributed by atoms with E-state index in [1.165, 1.54) is 24.3 Å². The molecule has 0 radical (unpaired) electrons. The largest absolute Gasteiger partial charge is 0.309 e. The minimum atomic E-state index is -0.436. The van der Waals surface area contributed by atoms with Crippen molar-refractivity contribution < 1.29 is 8.78 Å². The molecule has 0 spiro atoms. The van der Waals surface area contributed by atoms with E-state index in [4.69, 9.17) is 11.6 Å². The van der Waals surface area contributed by atoms with Crippen molar-refractivity contribution in [2.45, 2.75) is 13.0 Å². The second-order valence-electron chi connectivity index (χ2n) is 4.39. The van der Waals surface area contributed by atoms with Crippen LogP contribution in [0.1, 0.15) is 22.7 Å². The van der Waals surface area contributed by atoms with Gasteiger partial charge in [-0.25, -0.2) is 8.78 Å². The van der Waals surface area contributed by atoms with E-state index in [0.29, 0.717) is 16.1 Å². The average molecular weight is 282 g/mol. The van der Waals surface area contributed by atoms with E-state index < -0.39 is 6.04 Å². The van der Waals surface area contributed by atoms with Crippen LogP contribution in [0, 0.1) is 18.6 Å². The van der Waals surface area contributed by atoms with Crippen molar-refractivity contribution in [1.82, 2.24) is 5.32 Å². The van der Waals surface area contributed by atoms with Gasteiger partial charge in [0.05, 0.1) is 6.04 Å². The van der Waals surface area contributed by atoms with Gasteiger partial charge in [0.25, 0.3) is 0 Å². The zero-order chi connectivity index (χ0) is 14.0. The topological polar surface area (TPSA) is 12.0 Å². The van der Waals surface area contributed by atoms with Crippen molar-refractivity contribution in [3.63, 3.8) is 0 Å². The van der Waals surface area contributed by atoms with E-state index in [1.807, 2.05) is 6.92 Å². The summed E-state index contributed by atoms with van der Waals surface area (Å²) in [6.07, 6.45) is 0. The standard InChI is InChI=1S/C15H14ClF2N/c1-9-3-5-11(17)8-12(9)15(19-2)13-7-10(16)4-6-14(13)18/h3-8,15,19H,1-2H3. The highest BCUT2D eigenvalue weighted by Gasteiger charge is 2.19. The maximum Gasteiger partial charge on any atom is 0.128 e. The van der Waals surface area contributed by atoms with Gasteiger partial charge in [-0.1, -0.05) is 17.7 Å². The van der Waals surface area contributed by atoms with Gasteiger partial charge in [0.1, 0.15) is 11.6 Å².